The smallest absolute Gasteiger partial charge is 0.293 e. The van der Waals surface area contributed by atoms with Gasteiger partial charge in [-0.15, -0.1) is 0 Å². The zero-order chi connectivity index (χ0) is 19.1. The number of carbonyl (C=O) groups excluding carboxylic acids is 1. The Labute approximate surface area is 159 Å². The van der Waals surface area contributed by atoms with Crippen molar-refractivity contribution in [2.75, 3.05) is 24.3 Å². The largest absolute Gasteiger partial charge is 0.497 e. The van der Waals surface area contributed by atoms with Crippen LogP contribution in [0.1, 0.15) is 43.2 Å². The number of para-hydroxylation sites is 1. The normalized spacial score (nSPS) is 10.7. The van der Waals surface area contributed by atoms with Crippen molar-refractivity contribution in [2.45, 2.75) is 32.6 Å². The highest BCUT2D eigenvalue weighted by Gasteiger charge is 2.20. The molecule has 0 aliphatic rings. The van der Waals surface area contributed by atoms with Crippen LogP contribution >= 0.6 is 0 Å². The predicted molar refractivity (Wildman–Crippen MR) is 110 cm³/mol. The molecule has 0 aliphatic carbocycles. The average molecular weight is 366 g/mol. The van der Waals surface area contributed by atoms with Gasteiger partial charge in [-0.25, -0.2) is 0 Å². The lowest BCUT2D eigenvalue weighted by atomic mass is 10.2. The molecule has 0 unspecified atom stereocenters. The quantitative estimate of drug-likeness (QED) is 0.478. The van der Waals surface area contributed by atoms with Gasteiger partial charge in [-0.05, 0) is 42.8 Å². The molecule has 1 heterocycles. The Morgan fingerprint density at radius 3 is 2.56 bits per heavy atom. The number of ether oxygens (including phenoxy) is 1. The summed E-state index contributed by atoms with van der Waals surface area (Å²) >= 11 is 0. The fraction of sp³-hybridized carbons (Fsp3) is 0.318. The van der Waals surface area contributed by atoms with E-state index in [4.69, 9.17) is 9.15 Å². The molecule has 5 nitrogen and oxygen atoms in total. The number of unbranched alkanes of at least 4 members (excludes halogenated alkanes) is 3. The molecule has 0 atom stereocenters. The first-order valence-corrected chi connectivity index (χ1v) is 9.43. The molecule has 0 saturated carbocycles. The first kappa shape index (κ1) is 18.8. The predicted octanol–water partition coefficient (Wildman–Crippen LogP) is 5.69. The number of nitrogens with one attached hydrogen (secondary N) is 2. The summed E-state index contributed by atoms with van der Waals surface area (Å²) in [6.07, 6.45) is 4.66. The summed E-state index contributed by atoms with van der Waals surface area (Å²) in [5.41, 5.74) is 2.15. The van der Waals surface area contributed by atoms with Gasteiger partial charge >= 0.3 is 0 Å². The van der Waals surface area contributed by atoms with Gasteiger partial charge in [0, 0.05) is 17.6 Å². The van der Waals surface area contributed by atoms with Crippen molar-refractivity contribution in [3.8, 4) is 5.75 Å². The van der Waals surface area contributed by atoms with Crippen LogP contribution in [0.2, 0.25) is 0 Å². The molecule has 0 aliphatic heterocycles. The van der Waals surface area contributed by atoms with E-state index in [0.29, 0.717) is 17.0 Å². The lowest BCUT2D eigenvalue weighted by molar-refractivity contribution is 0.0999. The van der Waals surface area contributed by atoms with Crippen LogP contribution < -0.4 is 15.4 Å². The van der Waals surface area contributed by atoms with Crippen LogP contribution in [0.3, 0.4) is 0 Å². The lowest BCUT2D eigenvalue weighted by Gasteiger charge is -2.08. The van der Waals surface area contributed by atoms with Gasteiger partial charge < -0.3 is 19.8 Å². The van der Waals surface area contributed by atoms with E-state index in [2.05, 4.69) is 17.6 Å². The van der Waals surface area contributed by atoms with E-state index in [9.17, 15) is 4.79 Å². The van der Waals surface area contributed by atoms with Gasteiger partial charge in [0.25, 0.3) is 5.91 Å². The Morgan fingerprint density at radius 1 is 1.04 bits per heavy atom. The summed E-state index contributed by atoms with van der Waals surface area (Å²) in [5, 5.41) is 7.22. The number of hydrogen-bond acceptors (Lipinski definition) is 4. The molecule has 2 N–H and O–H groups in total. The van der Waals surface area contributed by atoms with Crippen LogP contribution in [-0.4, -0.2) is 19.6 Å². The third-order valence-electron chi connectivity index (χ3n) is 4.48. The van der Waals surface area contributed by atoms with E-state index >= 15 is 0 Å². The zero-order valence-corrected chi connectivity index (χ0v) is 15.9. The highest BCUT2D eigenvalue weighted by molar-refractivity contribution is 6.11. The van der Waals surface area contributed by atoms with Gasteiger partial charge in [-0.1, -0.05) is 38.3 Å². The Morgan fingerprint density at radius 2 is 1.81 bits per heavy atom. The van der Waals surface area contributed by atoms with Crippen LogP contribution in [0.4, 0.5) is 11.4 Å². The van der Waals surface area contributed by atoms with E-state index in [1.165, 1.54) is 19.3 Å². The molecule has 0 fully saturated rings. The second-order valence-corrected chi connectivity index (χ2v) is 6.47. The Bertz CT molecular complexity index is 884. The van der Waals surface area contributed by atoms with Gasteiger partial charge in [0.1, 0.15) is 11.3 Å². The number of hydrogen-bond donors (Lipinski definition) is 2. The number of benzene rings is 2. The summed E-state index contributed by atoms with van der Waals surface area (Å²) in [6.45, 7) is 3.00. The van der Waals surface area contributed by atoms with Gasteiger partial charge in [-0.2, -0.15) is 0 Å². The number of fused-ring (bicyclic) bond motifs is 1. The van der Waals surface area contributed by atoms with Gasteiger partial charge in [0.05, 0.1) is 12.8 Å². The second kappa shape index (κ2) is 9.12. The lowest BCUT2D eigenvalue weighted by Crippen LogP contribution is -2.14. The minimum Gasteiger partial charge on any atom is -0.497 e. The summed E-state index contributed by atoms with van der Waals surface area (Å²) in [7, 11) is 1.61. The van der Waals surface area contributed by atoms with Crippen molar-refractivity contribution in [3.63, 3.8) is 0 Å². The third kappa shape index (κ3) is 4.61. The Kier molecular flexibility index (Phi) is 6.36. The molecule has 3 aromatic rings. The highest BCUT2D eigenvalue weighted by Crippen LogP contribution is 2.31. The summed E-state index contributed by atoms with van der Waals surface area (Å²) in [5.74, 6) is 0.779. The van der Waals surface area contributed by atoms with E-state index in [0.717, 1.165) is 29.8 Å². The standard InChI is InChI=1S/C22H26N2O3/c1-3-4-5-8-15-23-20-18-9-6-7-10-19(18)27-21(20)22(25)24-16-11-13-17(26-2)14-12-16/h6-7,9-14,23H,3-5,8,15H2,1-2H3,(H,24,25). The van der Waals surface area contributed by atoms with Crippen molar-refractivity contribution < 1.29 is 13.9 Å². The molecule has 0 spiro atoms. The number of amides is 1. The van der Waals surface area contributed by atoms with Gasteiger partial charge in [0.15, 0.2) is 0 Å². The van der Waals surface area contributed by atoms with Gasteiger partial charge in [0.2, 0.25) is 5.76 Å². The zero-order valence-electron chi connectivity index (χ0n) is 15.9. The maximum atomic E-state index is 12.8. The summed E-state index contributed by atoms with van der Waals surface area (Å²) in [4.78, 5) is 12.8. The molecule has 1 amide bonds. The summed E-state index contributed by atoms with van der Waals surface area (Å²) < 4.78 is 11.0. The topological polar surface area (TPSA) is 63.5 Å². The molecule has 0 radical (unpaired) electrons. The van der Waals surface area contributed by atoms with E-state index < -0.39 is 0 Å². The molecule has 2 aromatic carbocycles. The Hall–Kier alpha value is -2.95. The van der Waals surface area contributed by atoms with Crippen molar-refractivity contribution in [1.82, 2.24) is 0 Å². The molecule has 0 saturated heterocycles. The molecule has 5 heteroatoms. The van der Waals surface area contributed by atoms with Crippen LogP contribution in [0, 0.1) is 0 Å². The van der Waals surface area contributed by atoms with Crippen molar-refractivity contribution in [3.05, 3.63) is 54.3 Å². The molecule has 1 aromatic heterocycles. The van der Waals surface area contributed by atoms with Crippen molar-refractivity contribution >= 4 is 28.3 Å². The third-order valence-corrected chi connectivity index (χ3v) is 4.48. The molecule has 27 heavy (non-hydrogen) atoms. The molecule has 0 bridgehead atoms. The fourth-order valence-corrected chi connectivity index (χ4v) is 3.01. The first-order valence-electron chi connectivity index (χ1n) is 9.43. The number of methoxy groups -OCH3 is 1. The fourth-order valence-electron chi connectivity index (χ4n) is 3.01. The second-order valence-electron chi connectivity index (χ2n) is 6.47. The van der Waals surface area contributed by atoms with E-state index in [1.807, 2.05) is 24.3 Å². The molecule has 3 rings (SSSR count). The minimum atomic E-state index is -0.271. The molecule has 142 valence electrons. The molecular formula is C22H26N2O3. The SMILES string of the molecule is CCCCCCNc1c(C(=O)Nc2ccc(OC)cc2)oc2ccccc12. The monoisotopic (exact) mass is 366 g/mol. The molecular weight excluding hydrogens is 340 g/mol. The summed E-state index contributed by atoms with van der Waals surface area (Å²) in [6, 6.07) is 14.9. The van der Waals surface area contributed by atoms with E-state index in [-0.39, 0.29) is 5.91 Å². The maximum absolute atomic E-state index is 12.8. The maximum Gasteiger partial charge on any atom is 0.293 e. The van der Waals surface area contributed by atoms with Crippen LogP contribution in [-0.2, 0) is 0 Å². The number of rotatable bonds is 9. The van der Waals surface area contributed by atoms with Crippen LogP contribution in [0.25, 0.3) is 11.0 Å². The van der Waals surface area contributed by atoms with Crippen LogP contribution in [0.5, 0.6) is 5.75 Å². The van der Waals surface area contributed by atoms with Gasteiger partial charge in [-0.3, -0.25) is 4.79 Å². The Balaban J connectivity index is 1.78. The van der Waals surface area contributed by atoms with E-state index in [1.54, 1.807) is 31.4 Å². The average Bonchev–Trinajstić information content (AvgIpc) is 3.07. The number of anilines is 2. The number of carbonyl (C=O) groups is 1. The van der Waals surface area contributed by atoms with Crippen molar-refractivity contribution in [2.24, 2.45) is 0 Å². The highest BCUT2D eigenvalue weighted by atomic mass is 16.5. The van der Waals surface area contributed by atoms with Crippen molar-refractivity contribution in [1.29, 1.82) is 0 Å². The first-order chi connectivity index (χ1) is 13.2. The number of furan rings is 1. The van der Waals surface area contributed by atoms with Crippen LogP contribution in [0.15, 0.2) is 52.9 Å². The minimum absolute atomic E-state index is 0.271.